The lowest BCUT2D eigenvalue weighted by atomic mass is 10.1. The minimum atomic E-state index is 0.0667. The van der Waals surface area contributed by atoms with Gasteiger partial charge < -0.3 is 9.64 Å². The van der Waals surface area contributed by atoms with Crippen LogP contribution in [0.4, 0.5) is 0 Å². The first-order chi connectivity index (χ1) is 7.34. The van der Waals surface area contributed by atoms with E-state index in [1.165, 1.54) is 0 Å². The summed E-state index contributed by atoms with van der Waals surface area (Å²) >= 11 is 0. The number of ether oxygens (including phenoxy) is 1. The van der Waals surface area contributed by atoms with E-state index in [0.717, 1.165) is 19.5 Å². The quantitative estimate of drug-likeness (QED) is 0.632. The molecule has 0 N–H and O–H groups in total. The average molecular weight is 204 g/mol. The summed E-state index contributed by atoms with van der Waals surface area (Å²) in [5, 5.41) is 0. The fourth-order valence-electron chi connectivity index (χ4n) is 2.04. The predicted molar refractivity (Wildman–Crippen MR) is 53.4 cm³/mol. The van der Waals surface area contributed by atoms with Crippen LogP contribution >= 0.6 is 0 Å². The fourth-order valence-corrected chi connectivity index (χ4v) is 2.04. The van der Waals surface area contributed by atoms with E-state index in [2.05, 4.69) is 4.98 Å². The van der Waals surface area contributed by atoms with Crippen LogP contribution in [0, 0.1) is 0 Å². The number of carbonyl (C=O) groups excluding carboxylic acids is 1. The van der Waals surface area contributed by atoms with E-state index in [-0.39, 0.29) is 5.91 Å². The molecule has 4 heteroatoms. The highest BCUT2D eigenvalue weighted by atomic mass is 16.6. The van der Waals surface area contributed by atoms with Crippen LogP contribution in [-0.4, -0.2) is 41.1 Å². The van der Waals surface area contributed by atoms with Gasteiger partial charge in [-0.1, -0.05) is 0 Å². The van der Waals surface area contributed by atoms with E-state index in [9.17, 15) is 4.79 Å². The third kappa shape index (κ3) is 1.61. The summed E-state index contributed by atoms with van der Waals surface area (Å²) in [6.07, 6.45) is 4.97. The summed E-state index contributed by atoms with van der Waals surface area (Å²) in [7, 11) is 0. The van der Waals surface area contributed by atoms with Gasteiger partial charge in [-0.15, -0.1) is 0 Å². The van der Waals surface area contributed by atoms with Crippen LogP contribution in [0.3, 0.4) is 0 Å². The van der Waals surface area contributed by atoms with E-state index in [1.54, 1.807) is 24.5 Å². The van der Waals surface area contributed by atoms with E-state index in [0.29, 0.717) is 17.8 Å². The van der Waals surface area contributed by atoms with Crippen LogP contribution in [0.1, 0.15) is 16.8 Å². The molecule has 3 heterocycles. The van der Waals surface area contributed by atoms with E-state index >= 15 is 0 Å². The van der Waals surface area contributed by atoms with Gasteiger partial charge in [-0.2, -0.15) is 0 Å². The van der Waals surface area contributed by atoms with E-state index in [4.69, 9.17) is 4.74 Å². The van der Waals surface area contributed by atoms with Crippen molar-refractivity contribution in [1.82, 2.24) is 9.88 Å². The van der Waals surface area contributed by atoms with Gasteiger partial charge in [-0.3, -0.25) is 9.78 Å². The summed E-state index contributed by atoms with van der Waals surface area (Å²) in [4.78, 5) is 17.8. The molecule has 78 valence electrons. The Morgan fingerprint density at radius 1 is 1.53 bits per heavy atom. The number of epoxide rings is 1. The van der Waals surface area contributed by atoms with Gasteiger partial charge in [-0.25, -0.2) is 0 Å². The zero-order valence-corrected chi connectivity index (χ0v) is 8.30. The highest BCUT2D eigenvalue weighted by molar-refractivity contribution is 5.94. The highest BCUT2D eigenvalue weighted by Crippen LogP contribution is 2.31. The Balaban J connectivity index is 1.74. The largest absolute Gasteiger partial charge is 0.368 e. The third-order valence-corrected chi connectivity index (χ3v) is 2.97. The standard InChI is InChI=1S/C11H12N2O2/c14-11(8-2-1-4-12-6-8)13-5-3-9-10(7-13)15-9/h1-2,4,6,9-10H,3,5,7H2. The molecule has 0 radical (unpaired) electrons. The molecule has 0 saturated carbocycles. The minimum absolute atomic E-state index is 0.0667. The number of hydrogen-bond donors (Lipinski definition) is 0. The fraction of sp³-hybridized carbons (Fsp3) is 0.455. The SMILES string of the molecule is O=C(c1cccnc1)N1CCC2OC2C1. The smallest absolute Gasteiger partial charge is 0.255 e. The highest BCUT2D eigenvalue weighted by Gasteiger charge is 2.44. The second kappa shape index (κ2) is 3.31. The van der Waals surface area contributed by atoms with Gasteiger partial charge in [0.25, 0.3) is 5.91 Å². The number of rotatable bonds is 1. The second-order valence-corrected chi connectivity index (χ2v) is 3.99. The lowest BCUT2D eigenvalue weighted by Crippen LogP contribution is -2.39. The van der Waals surface area contributed by atoms with E-state index in [1.807, 2.05) is 4.90 Å². The molecule has 1 aromatic rings. The van der Waals surface area contributed by atoms with Crippen molar-refractivity contribution in [2.75, 3.05) is 13.1 Å². The molecule has 2 aliphatic rings. The monoisotopic (exact) mass is 204 g/mol. The number of amides is 1. The van der Waals surface area contributed by atoms with Crippen molar-refractivity contribution in [2.24, 2.45) is 0 Å². The topological polar surface area (TPSA) is 45.7 Å². The lowest BCUT2D eigenvalue weighted by molar-refractivity contribution is 0.0736. The molecule has 2 fully saturated rings. The second-order valence-electron chi connectivity index (χ2n) is 3.99. The molecule has 15 heavy (non-hydrogen) atoms. The molecule has 2 atom stereocenters. The Bertz CT molecular complexity index is 379. The minimum Gasteiger partial charge on any atom is -0.368 e. The number of fused-ring (bicyclic) bond motifs is 1. The van der Waals surface area contributed by atoms with Crippen molar-refractivity contribution < 1.29 is 9.53 Å². The van der Waals surface area contributed by atoms with Crippen LogP contribution in [0.5, 0.6) is 0 Å². The number of carbonyl (C=O) groups is 1. The summed E-state index contributed by atoms with van der Waals surface area (Å²) in [6.45, 7) is 1.54. The summed E-state index contributed by atoms with van der Waals surface area (Å²) in [5.74, 6) is 0.0667. The van der Waals surface area contributed by atoms with Crippen LogP contribution in [0.15, 0.2) is 24.5 Å². The maximum absolute atomic E-state index is 12.0. The van der Waals surface area contributed by atoms with Crippen molar-refractivity contribution in [3.05, 3.63) is 30.1 Å². The number of nitrogens with zero attached hydrogens (tertiary/aromatic N) is 2. The Labute approximate surface area is 87.9 Å². The summed E-state index contributed by atoms with van der Waals surface area (Å²) < 4.78 is 5.38. The summed E-state index contributed by atoms with van der Waals surface area (Å²) in [6, 6.07) is 3.59. The molecule has 2 aliphatic heterocycles. The van der Waals surface area contributed by atoms with E-state index < -0.39 is 0 Å². The van der Waals surface area contributed by atoms with Gasteiger partial charge in [0.15, 0.2) is 0 Å². The first-order valence-electron chi connectivity index (χ1n) is 5.19. The number of hydrogen-bond acceptors (Lipinski definition) is 3. The van der Waals surface area contributed by atoms with Gasteiger partial charge in [-0.05, 0) is 18.6 Å². The summed E-state index contributed by atoms with van der Waals surface area (Å²) in [5.41, 5.74) is 0.664. The molecular formula is C11H12N2O2. The molecule has 0 spiro atoms. The molecule has 0 bridgehead atoms. The molecule has 2 saturated heterocycles. The molecule has 1 amide bonds. The molecule has 4 nitrogen and oxygen atoms in total. The van der Waals surface area contributed by atoms with Crippen molar-refractivity contribution in [3.63, 3.8) is 0 Å². The Morgan fingerprint density at radius 3 is 3.20 bits per heavy atom. The number of piperidine rings is 1. The Hall–Kier alpha value is -1.42. The predicted octanol–water partition coefficient (Wildman–Crippen LogP) is 0.695. The molecule has 2 unspecified atom stereocenters. The van der Waals surface area contributed by atoms with Crippen LogP contribution < -0.4 is 0 Å². The van der Waals surface area contributed by atoms with Gasteiger partial charge in [0, 0.05) is 25.5 Å². The molecular weight excluding hydrogens is 192 g/mol. The van der Waals surface area contributed by atoms with Gasteiger partial charge in [0.2, 0.25) is 0 Å². The number of likely N-dealkylation sites (tertiary alicyclic amines) is 1. The molecule has 1 aromatic heterocycles. The Morgan fingerprint density at radius 2 is 2.47 bits per heavy atom. The van der Waals surface area contributed by atoms with Crippen molar-refractivity contribution in [1.29, 1.82) is 0 Å². The number of pyridine rings is 1. The first kappa shape index (κ1) is 8.85. The van der Waals surface area contributed by atoms with Crippen molar-refractivity contribution in [2.45, 2.75) is 18.6 Å². The van der Waals surface area contributed by atoms with Crippen LogP contribution in [0.25, 0.3) is 0 Å². The zero-order chi connectivity index (χ0) is 10.3. The average Bonchev–Trinajstić information content (AvgIpc) is 3.07. The Kier molecular flexibility index (Phi) is 1.95. The normalized spacial score (nSPS) is 28.4. The third-order valence-electron chi connectivity index (χ3n) is 2.97. The lowest BCUT2D eigenvalue weighted by Gasteiger charge is -2.24. The van der Waals surface area contributed by atoms with Gasteiger partial charge in [0.05, 0.1) is 11.7 Å². The van der Waals surface area contributed by atoms with Gasteiger partial charge >= 0.3 is 0 Å². The maximum Gasteiger partial charge on any atom is 0.255 e. The van der Waals surface area contributed by atoms with Crippen LogP contribution in [0.2, 0.25) is 0 Å². The number of aromatic nitrogens is 1. The molecule has 3 rings (SSSR count). The maximum atomic E-state index is 12.0. The van der Waals surface area contributed by atoms with Gasteiger partial charge in [0.1, 0.15) is 6.10 Å². The van der Waals surface area contributed by atoms with Crippen molar-refractivity contribution >= 4 is 5.91 Å². The molecule has 0 aliphatic carbocycles. The molecule has 0 aromatic carbocycles. The van der Waals surface area contributed by atoms with Crippen LogP contribution in [-0.2, 0) is 4.74 Å². The van der Waals surface area contributed by atoms with Crippen molar-refractivity contribution in [3.8, 4) is 0 Å². The zero-order valence-electron chi connectivity index (χ0n) is 8.30. The first-order valence-corrected chi connectivity index (χ1v) is 5.19.